The summed E-state index contributed by atoms with van der Waals surface area (Å²) in [6.45, 7) is 21.2. The Hall–Kier alpha value is -6.95. The number of allylic oxidation sites excluding steroid dienone is 1. The molecule has 3 aliphatic heterocycles. The fraction of sp³-hybridized carbons (Fsp3) is 0.539. The van der Waals surface area contributed by atoms with Gasteiger partial charge in [0.05, 0.1) is 39.0 Å². The molecule has 3 N–H and O–H groups in total. The molecule has 28 heteroatoms. The van der Waals surface area contributed by atoms with Gasteiger partial charge in [0, 0.05) is 124 Å². The zero-order chi connectivity index (χ0) is 73.9. The van der Waals surface area contributed by atoms with Crippen molar-refractivity contribution in [2.75, 3.05) is 101 Å². The summed E-state index contributed by atoms with van der Waals surface area (Å²) in [7, 11) is -11.1. The van der Waals surface area contributed by atoms with Gasteiger partial charge in [-0.15, -0.1) is 23.1 Å². The minimum absolute atomic E-state index is 0.0430. The number of sulfonamides is 1. The van der Waals surface area contributed by atoms with E-state index in [0.717, 1.165) is 116 Å². The summed E-state index contributed by atoms with van der Waals surface area (Å²) >= 11 is 2.97. The number of piperazine rings is 2. The van der Waals surface area contributed by atoms with Crippen molar-refractivity contribution in [1.29, 1.82) is 0 Å². The second kappa shape index (κ2) is 31.9. The fourth-order valence-electron chi connectivity index (χ4n) is 16.0. The molecule has 3 saturated carbocycles. The zero-order valence-corrected chi connectivity index (χ0v) is 63.2. The van der Waals surface area contributed by atoms with E-state index in [0.29, 0.717) is 113 Å². The molecule has 1 unspecified atom stereocenters. The molecule has 0 spiro atoms. The number of nitrogens with zero attached hydrogens (tertiary/aromatic N) is 7. The molecule has 3 amide bonds. The van der Waals surface area contributed by atoms with E-state index >= 15 is 0 Å². The number of aromatic nitrogens is 2. The molecular weight excluding hydrogens is 1420 g/mol. The number of ether oxygens (including phenoxy) is 1. The zero-order valence-electron chi connectivity index (χ0n) is 59.9. The number of hydrogen-bond donors (Lipinski definition) is 3. The number of likely N-dealkylation sites (tertiary alicyclic amines) is 1. The van der Waals surface area contributed by atoms with Crippen LogP contribution in [0.2, 0.25) is 0 Å². The number of sulfone groups is 1. The van der Waals surface area contributed by atoms with Crippen molar-refractivity contribution in [2.45, 2.75) is 163 Å². The molecule has 13 rings (SSSR count). The van der Waals surface area contributed by atoms with Crippen molar-refractivity contribution in [3.8, 4) is 16.2 Å². The number of nitrogens with one attached hydrogen (secondary N) is 3. The number of unbranched alkanes of at least 4 members (excludes halogenated alkanes) is 1. The number of rotatable bonds is 30. The highest BCUT2D eigenvalue weighted by molar-refractivity contribution is 7.99. The van der Waals surface area contributed by atoms with E-state index in [1.165, 1.54) is 46.4 Å². The largest absolute Gasteiger partial charge is 0.501 e. The Kier molecular flexibility index (Phi) is 23.5. The highest BCUT2D eigenvalue weighted by Gasteiger charge is 2.73. The first-order valence-corrected chi connectivity index (χ1v) is 41.0. The summed E-state index contributed by atoms with van der Waals surface area (Å²) < 4.78 is 140. The standard InChI is InChI=1S/C76H95F5N10O9S4/c1-50(2)67(65-39-51(3)85-100-65)71(94)91-28-12-15-63(91)70(93)82-43-55-17-16-54(68-52(4)83-49-102-68)40-64(55)99-38-11-10-27-87-30-32-88(33-31-87)29-25-57(45-101-59-13-8-7-9-14-59)84-62-23-22-60(41-66(62)103(95,96)76(79,80)81)104(97,98)86-69(92)53-18-20-58(21-19-53)90-36-34-89(35-37-90)44-56-24-26-73(5,6)42-61(56)74-46-75(47-74,48-74)72(77)78/h7-9,13-14,16-23,39-41,49-50,57,63,67,72,84H,10-12,15,24-38,42-48H2,1-6H3,(H,82,93)(H,86,92)/t57-,63+,67?,74?,75?/m1/s1. The Labute approximate surface area is 615 Å². The molecule has 4 aromatic carbocycles. The molecule has 3 atom stereocenters. The maximum absolute atomic E-state index is 14.6. The smallest absolute Gasteiger partial charge is 0.493 e. The van der Waals surface area contributed by atoms with Crippen LogP contribution in [-0.2, 0) is 36.0 Å². The number of hydrogen-bond acceptors (Lipinski definition) is 18. The molecule has 4 aliphatic carbocycles. The first-order valence-electron chi connectivity index (χ1n) is 36.2. The van der Waals surface area contributed by atoms with Crippen LogP contribution in [0.25, 0.3) is 10.4 Å². The maximum atomic E-state index is 14.6. The van der Waals surface area contributed by atoms with Gasteiger partial charge in [0.1, 0.15) is 28.4 Å². The molecule has 7 aliphatic rings. The molecule has 2 aromatic heterocycles. The van der Waals surface area contributed by atoms with Crippen LogP contribution in [0.15, 0.2) is 133 Å². The topological polar surface area (TPSA) is 220 Å². The number of aryl methyl sites for hydroxylation is 2. The predicted octanol–water partition coefficient (Wildman–Crippen LogP) is 13.4. The number of carbonyl (C=O) groups excluding carboxylic acids is 3. The van der Waals surface area contributed by atoms with E-state index in [1.807, 2.05) is 80.9 Å². The summed E-state index contributed by atoms with van der Waals surface area (Å²) in [6, 6.07) is 24.6. The van der Waals surface area contributed by atoms with Crippen LogP contribution in [0.3, 0.4) is 0 Å². The number of anilines is 2. The number of alkyl halides is 5. The van der Waals surface area contributed by atoms with Crippen LogP contribution in [-0.4, -0.2) is 179 Å². The second-order valence-electron chi connectivity index (χ2n) is 30.3. The predicted molar refractivity (Wildman–Crippen MR) is 393 cm³/mol. The molecular formula is C76H95F5N10O9S4. The lowest BCUT2D eigenvalue weighted by Crippen LogP contribution is -2.66. The number of thioether (sulfide) groups is 1. The first kappa shape index (κ1) is 76.7. The van der Waals surface area contributed by atoms with Gasteiger partial charge in [-0.3, -0.25) is 19.3 Å². The summed E-state index contributed by atoms with van der Waals surface area (Å²) in [5, 5.41) is 10.2. The van der Waals surface area contributed by atoms with Gasteiger partial charge in [-0.05, 0) is 174 Å². The van der Waals surface area contributed by atoms with Crippen LogP contribution in [0, 0.1) is 36.0 Å². The van der Waals surface area contributed by atoms with E-state index in [4.69, 9.17) is 9.26 Å². The fourth-order valence-corrected chi connectivity index (χ4v) is 19.9. The van der Waals surface area contributed by atoms with E-state index in [9.17, 15) is 53.2 Å². The Morgan fingerprint density at radius 1 is 0.827 bits per heavy atom. The maximum Gasteiger partial charge on any atom is 0.501 e. The van der Waals surface area contributed by atoms with Crippen LogP contribution in [0.4, 0.5) is 33.3 Å². The Bertz CT molecular complexity index is 4290. The van der Waals surface area contributed by atoms with E-state index in [1.54, 1.807) is 28.6 Å². The van der Waals surface area contributed by atoms with E-state index < -0.39 is 76.6 Å². The highest BCUT2D eigenvalue weighted by atomic mass is 32.2. The van der Waals surface area contributed by atoms with E-state index in [2.05, 4.69) is 54.2 Å². The average molecular weight is 1520 g/mol. The average Bonchev–Trinajstić information content (AvgIpc) is 0.726. The number of benzene rings is 4. The molecule has 6 fully saturated rings. The van der Waals surface area contributed by atoms with Crippen molar-refractivity contribution >= 4 is 72.1 Å². The van der Waals surface area contributed by atoms with Crippen molar-refractivity contribution in [3.63, 3.8) is 0 Å². The SMILES string of the molecule is Cc1cc(C(C(=O)N2CCC[C@H]2C(=O)NCc2ccc(-c3scnc3C)cc2OCCCCN2CCN(CC[C@H](CSc3ccccc3)Nc3ccc(S(=O)(=O)NC(=O)c4ccc(N5CCN(CC6=C(C78CC(C(F)F)(C7)C8)CC(C)(C)CC6)CC5)cc4)cc3S(=O)(=O)C(F)(F)F)CC2)C(C)C)on1. The summed E-state index contributed by atoms with van der Waals surface area (Å²) in [4.78, 5) is 56.7. The normalized spacial score (nSPS) is 21.8. The third kappa shape index (κ3) is 17.4. The van der Waals surface area contributed by atoms with Gasteiger partial charge in [0.15, 0.2) is 0 Å². The van der Waals surface area contributed by atoms with Crippen LogP contribution in [0.5, 0.6) is 5.75 Å². The number of carbonyl (C=O) groups is 3. The number of thiazole rings is 1. The molecule has 19 nitrogen and oxygen atoms in total. The lowest BCUT2D eigenvalue weighted by Gasteiger charge is -2.72. The minimum atomic E-state index is -6.16. The number of amides is 3. The van der Waals surface area contributed by atoms with Crippen molar-refractivity contribution in [2.24, 2.45) is 22.2 Å². The lowest BCUT2D eigenvalue weighted by molar-refractivity contribution is -0.250. The summed E-state index contributed by atoms with van der Waals surface area (Å²) in [5.74, 6) is -0.646. The molecule has 562 valence electrons. The van der Waals surface area contributed by atoms with Crippen LogP contribution < -0.4 is 25.0 Å². The lowest BCUT2D eigenvalue weighted by atomic mass is 9.32. The van der Waals surface area contributed by atoms with Crippen molar-refractivity contribution < 1.29 is 62.4 Å². The van der Waals surface area contributed by atoms with Gasteiger partial charge in [-0.25, -0.2) is 35.3 Å². The molecule has 3 saturated heterocycles. The second-order valence-corrected chi connectivity index (χ2v) is 35.9. The van der Waals surface area contributed by atoms with Crippen molar-refractivity contribution in [3.05, 3.63) is 142 Å². The van der Waals surface area contributed by atoms with Gasteiger partial charge in [0.25, 0.3) is 25.8 Å². The first-order chi connectivity index (χ1) is 49.5. The summed E-state index contributed by atoms with van der Waals surface area (Å²) in [5.41, 5.74) is 1.73. The van der Waals surface area contributed by atoms with Gasteiger partial charge < -0.3 is 39.5 Å². The van der Waals surface area contributed by atoms with Crippen LogP contribution >= 0.6 is 23.1 Å². The Morgan fingerprint density at radius 3 is 2.18 bits per heavy atom. The molecule has 5 heterocycles. The Balaban J connectivity index is 0.631. The van der Waals surface area contributed by atoms with Crippen molar-refractivity contribution in [1.82, 2.24) is 39.8 Å². The Morgan fingerprint density at radius 2 is 1.53 bits per heavy atom. The monoisotopic (exact) mass is 1510 g/mol. The molecule has 6 aromatic rings. The summed E-state index contributed by atoms with van der Waals surface area (Å²) in [6.07, 6.45) is 5.66. The third-order valence-corrected chi connectivity index (χ3v) is 26.9. The third-order valence-electron chi connectivity index (χ3n) is 21.9. The molecule has 104 heavy (non-hydrogen) atoms. The van der Waals surface area contributed by atoms with Gasteiger partial charge in [-0.2, -0.15) is 13.2 Å². The van der Waals surface area contributed by atoms with Gasteiger partial charge >= 0.3 is 5.51 Å². The highest BCUT2D eigenvalue weighted by Crippen LogP contribution is 2.79. The van der Waals surface area contributed by atoms with Crippen LogP contribution in [0.1, 0.15) is 137 Å². The van der Waals surface area contributed by atoms with Gasteiger partial charge in [0.2, 0.25) is 18.2 Å². The molecule has 2 bridgehead atoms. The number of halogens is 5. The molecule has 0 radical (unpaired) electrons. The van der Waals surface area contributed by atoms with Gasteiger partial charge in [-0.1, -0.05) is 74.3 Å². The van der Waals surface area contributed by atoms with E-state index in [-0.39, 0.29) is 40.7 Å². The minimum Gasteiger partial charge on any atom is -0.493 e. The quantitative estimate of drug-likeness (QED) is 0.0165.